The summed E-state index contributed by atoms with van der Waals surface area (Å²) >= 11 is 1.64. The van der Waals surface area contributed by atoms with E-state index in [1.807, 2.05) is 51.3 Å². The first-order chi connectivity index (χ1) is 10.5. The molecule has 2 rings (SSSR count). The van der Waals surface area contributed by atoms with Gasteiger partial charge in [0.25, 0.3) is 0 Å². The van der Waals surface area contributed by atoms with Crippen LogP contribution in [-0.4, -0.2) is 34.8 Å². The van der Waals surface area contributed by atoms with Gasteiger partial charge in [-0.05, 0) is 63.1 Å². The van der Waals surface area contributed by atoms with Crippen LogP contribution in [0.3, 0.4) is 0 Å². The van der Waals surface area contributed by atoms with E-state index in [0.717, 1.165) is 15.6 Å². The minimum Gasteiger partial charge on any atom is -0.444 e. The average Bonchev–Trinajstić information content (AvgIpc) is 2.91. The van der Waals surface area contributed by atoms with E-state index in [0.29, 0.717) is 0 Å². The molecule has 0 fully saturated rings. The summed E-state index contributed by atoms with van der Waals surface area (Å²) in [5, 5.41) is 14.2. The predicted octanol–water partition coefficient (Wildman–Crippen LogP) is 4.36. The molecule has 0 aliphatic heterocycles. The molecule has 1 amide bonds. The molecule has 1 N–H and O–H groups in total. The van der Waals surface area contributed by atoms with Crippen molar-refractivity contribution in [1.82, 2.24) is 4.90 Å². The first-order valence-corrected chi connectivity index (χ1v) is 8.56. The lowest BCUT2D eigenvalue weighted by Crippen LogP contribution is -2.49. The number of fused-ring (bicyclic) bond motifs is 1. The van der Waals surface area contributed by atoms with Crippen LogP contribution in [0.15, 0.2) is 29.6 Å². The molecule has 0 aliphatic carbocycles. The monoisotopic (exact) mass is 335 g/mol. The molecule has 23 heavy (non-hydrogen) atoms. The van der Waals surface area contributed by atoms with E-state index in [2.05, 4.69) is 6.07 Å². The zero-order valence-corrected chi connectivity index (χ0v) is 15.4. The van der Waals surface area contributed by atoms with Crippen LogP contribution in [0.1, 0.15) is 40.2 Å². The van der Waals surface area contributed by atoms with Gasteiger partial charge in [-0.2, -0.15) is 0 Å². The van der Waals surface area contributed by atoms with Crippen molar-refractivity contribution in [3.8, 4) is 0 Å². The van der Waals surface area contributed by atoms with E-state index in [9.17, 15) is 9.90 Å². The molecule has 2 unspecified atom stereocenters. The van der Waals surface area contributed by atoms with Crippen molar-refractivity contribution < 1.29 is 14.6 Å². The summed E-state index contributed by atoms with van der Waals surface area (Å²) in [6.45, 7) is 9.03. The lowest BCUT2D eigenvalue weighted by molar-refractivity contribution is -0.0369. The molecule has 5 heteroatoms. The summed E-state index contributed by atoms with van der Waals surface area (Å²) in [5.74, 6) is 0. The quantitative estimate of drug-likeness (QED) is 0.906. The summed E-state index contributed by atoms with van der Waals surface area (Å²) in [6, 6.07) is 7.51. The molecule has 0 radical (unpaired) electrons. The molecule has 1 aromatic carbocycles. The van der Waals surface area contributed by atoms with Crippen LogP contribution in [0.25, 0.3) is 10.1 Å². The maximum atomic E-state index is 12.2. The molecule has 0 saturated carbocycles. The number of amides is 1. The van der Waals surface area contributed by atoms with Crippen LogP contribution < -0.4 is 0 Å². The Balaban J connectivity index is 2.24. The largest absolute Gasteiger partial charge is 0.444 e. The third-order valence-corrected chi connectivity index (χ3v) is 5.00. The van der Waals surface area contributed by atoms with Crippen molar-refractivity contribution in [2.45, 2.75) is 51.9 Å². The van der Waals surface area contributed by atoms with E-state index >= 15 is 0 Å². The van der Waals surface area contributed by atoms with E-state index in [4.69, 9.17) is 4.74 Å². The summed E-state index contributed by atoms with van der Waals surface area (Å²) < 4.78 is 6.51. The zero-order valence-electron chi connectivity index (χ0n) is 14.6. The molecule has 0 saturated heterocycles. The number of thiophene rings is 1. The van der Waals surface area contributed by atoms with E-state index in [1.54, 1.807) is 25.3 Å². The van der Waals surface area contributed by atoms with Gasteiger partial charge < -0.3 is 14.7 Å². The predicted molar refractivity (Wildman–Crippen MR) is 94.9 cm³/mol. The molecule has 0 aliphatic rings. The molecule has 1 aromatic heterocycles. The number of likely N-dealkylation sites (N-methyl/N-ethyl adjacent to an activating group) is 1. The first kappa shape index (κ1) is 17.8. The standard InChI is InChI=1S/C18H25NO3S/c1-12(19(6)16(20)22-17(2,3)4)18(5,21)14-8-7-13-9-10-23-15(13)11-14/h7-12,21H,1-6H3. The normalized spacial score (nSPS) is 16.0. The van der Waals surface area contributed by atoms with Crippen molar-refractivity contribution in [2.24, 2.45) is 0 Å². The molecular weight excluding hydrogens is 310 g/mol. The number of ether oxygens (including phenoxy) is 1. The SMILES string of the molecule is CC(N(C)C(=O)OC(C)(C)C)C(C)(O)c1ccc2ccsc2c1. The second-order valence-electron chi connectivity index (χ2n) is 7.09. The van der Waals surface area contributed by atoms with Crippen molar-refractivity contribution in [1.29, 1.82) is 0 Å². The minimum atomic E-state index is -1.18. The van der Waals surface area contributed by atoms with Crippen LogP contribution in [0.2, 0.25) is 0 Å². The van der Waals surface area contributed by atoms with Gasteiger partial charge in [0.15, 0.2) is 0 Å². The molecule has 0 bridgehead atoms. The Hall–Kier alpha value is -1.59. The molecule has 2 atom stereocenters. The fourth-order valence-electron chi connectivity index (χ4n) is 2.38. The van der Waals surface area contributed by atoms with Gasteiger partial charge in [0, 0.05) is 11.7 Å². The van der Waals surface area contributed by atoms with Crippen molar-refractivity contribution in [3.63, 3.8) is 0 Å². The van der Waals surface area contributed by atoms with Crippen molar-refractivity contribution >= 4 is 27.5 Å². The van der Waals surface area contributed by atoms with Crippen LogP contribution in [0.5, 0.6) is 0 Å². The van der Waals surface area contributed by atoms with E-state index in [-0.39, 0.29) is 0 Å². The minimum absolute atomic E-state index is 0.435. The molecule has 1 heterocycles. The summed E-state index contributed by atoms with van der Waals surface area (Å²) in [5.41, 5.74) is -0.952. The van der Waals surface area contributed by atoms with E-state index < -0.39 is 23.3 Å². The smallest absolute Gasteiger partial charge is 0.410 e. The van der Waals surface area contributed by atoms with Gasteiger partial charge in [-0.25, -0.2) is 4.79 Å². The lowest BCUT2D eigenvalue weighted by Gasteiger charge is -2.37. The van der Waals surface area contributed by atoms with E-state index in [1.165, 1.54) is 4.90 Å². The highest BCUT2D eigenvalue weighted by molar-refractivity contribution is 7.17. The molecular formula is C18H25NO3S. The lowest BCUT2D eigenvalue weighted by atomic mass is 9.88. The Morgan fingerprint density at radius 1 is 1.26 bits per heavy atom. The number of carbonyl (C=O) groups excluding carboxylic acids is 1. The fourth-order valence-corrected chi connectivity index (χ4v) is 3.21. The van der Waals surface area contributed by atoms with Crippen LogP contribution in [0.4, 0.5) is 4.79 Å². The van der Waals surface area contributed by atoms with Gasteiger partial charge in [-0.15, -0.1) is 11.3 Å². The Bertz CT molecular complexity index is 700. The Labute approximate surface area is 141 Å². The zero-order chi connectivity index (χ0) is 17.4. The second kappa shape index (κ2) is 6.13. The molecule has 126 valence electrons. The highest BCUT2D eigenvalue weighted by Crippen LogP contribution is 2.32. The first-order valence-electron chi connectivity index (χ1n) is 7.68. The van der Waals surface area contributed by atoms with Crippen LogP contribution in [-0.2, 0) is 10.3 Å². The maximum absolute atomic E-state index is 12.2. The highest BCUT2D eigenvalue weighted by atomic mass is 32.1. The van der Waals surface area contributed by atoms with Gasteiger partial charge in [0.1, 0.15) is 11.2 Å². The van der Waals surface area contributed by atoms with Crippen molar-refractivity contribution in [3.05, 3.63) is 35.2 Å². The van der Waals surface area contributed by atoms with Gasteiger partial charge in [0.2, 0.25) is 0 Å². The van der Waals surface area contributed by atoms with Gasteiger partial charge in [-0.1, -0.05) is 12.1 Å². The van der Waals surface area contributed by atoms with Gasteiger partial charge in [0.05, 0.1) is 6.04 Å². The average molecular weight is 335 g/mol. The number of benzene rings is 1. The molecule has 4 nitrogen and oxygen atoms in total. The number of hydrogen-bond acceptors (Lipinski definition) is 4. The Morgan fingerprint density at radius 3 is 2.52 bits per heavy atom. The Kier molecular flexibility index (Phi) is 4.74. The van der Waals surface area contributed by atoms with Crippen LogP contribution >= 0.6 is 11.3 Å². The maximum Gasteiger partial charge on any atom is 0.410 e. The molecule has 0 spiro atoms. The number of aliphatic hydroxyl groups is 1. The van der Waals surface area contributed by atoms with Crippen molar-refractivity contribution in [2.75, 3.05) is 7.05 Å². The number of nitrogens with zero attached hydrogens (tertiary/aromatic N) is 1. The third-order valence-electron chi connectivity index (χ3n) is 4.12. The van der Waals surface area contributed by atoms with Crippen LogP contribution in [0, 0.1) is 0 Å². The summed E-state index contributed by atoms with van der Waals surface area (Å²) in [7, 11) is 1.65. The fraction of sp³-hybridized carbons (Fsp3) is 0.500. The summed E-state index contributed by atoms with van der Waals surface area (Å²) in [6.07, 6.45) is -0.442. The number of hydrogen-bond donors (Lipinski definition) is 1. The second-order valence-corrected chi connectivity index (χ2v) is 8.04. The van der Waals surface area contributed by atoms with Gasteiger partial charge in [-0.3, -0.25) is 0 Å². The third kappa shape index (κ3) is 3.85. The summed E-state index contributed by atoms with van der Waals surface area (Å²) in [4.78, 5) is 13.7. The number of rotatable bonds is 3. The Morgan fingerprint density at radius 2 is 1.91 bits per heavy atom. The molecule has 2 aromatic rings. The van der Waals surface area contributed by atoms with Gasteiger partial charge >= 0.3 is 6.09 Å². The number of carbonyl (C=O) groups is 1. The highest BCUT2D eigenvalue weighted by Gasteiger charge is 2.36. The topological polar surface area (TPSA) is 49.8 Å².